The van der Waals surface area contributed by atoms with Crippen LogP contribution in [-0.4, -0.2) is 50.5 Å². The lowest BCUT2D eigenvalue weighted by Gasteiger charge is -2.31. The molecule has 0 unspecified atom stereocenters. The van der Waals surface area contributed by atoms with Crippen LogP contribution in [-0.2, 0) is 11.8 Å². The lowest BCUT2D eigenvalue weighted by Crippen LogP contribution is -2.35. The van der Waals surface area contributed by atoms with Gasteiger partial charge in [0.15, 0.2) is 0 Å². The van der Waals surface area contributed by atoms with Crippen LogP contribution < -0.4 is 5.32 Å². The molecule has 0 spiro atoms. The molecule has 7 heteroatoms. The molecule has 1 fully saturated rings. The van der Waals surface area contributed by atoms with E-state index in [1.807, 2.05) is 31.4 Å². The Balaban J connectivity index is 1.43. The van der Waals surface area contributed by atoms with Crippen molar-refractivity contribution in [2.45, 2.75) is 31.7 Å². The van der Waals surface area contributed by atoms with Crippen LogP contribution in [0.25, 0.3) is 22.0 Å². The van der Waals surface area contributed by atoms with Gasteiger partial charge in [-0.05, 0) is 51.3 Å². The van der Waals surface area contributed by atoms with E-state index in [2.05, 4.69) is 20.4 Å². The number of amides is 1. The molecular weight excluding hydrogens is 352 g/mol. The van der Waals surface area contributed by atoms with E-state index in [9.17, 15) is 4.79 Å². The average molecular weight is 385 g/mol. The number of nitrogens with one attached hydrogen (secondary N) is 1. The maximum Gasteiger partial charge on any atom is 0.229 e. The van der Waals surface area contributed by atoms with E-state index in [0.717, 1.165) is 16.5 Å². The molecule has 1 aliphatic rings. The fourth-order valence-corrected chi connectivity index (χ4v) is 3.64. The third kappa shape index (κ3) is 3.89. The Morgan fingerprint density at radius 3 is 2.75 bits per heavy atom. The molecule has 1 aromatic carbocycles. The standard InChI is InChI=1S/C21H26N6O/c1-26(2)18-8-6-14(7-9-18)20(28)25-21-22-11-16-5-4-15(10-19(16)24-21)17-12-23-27(3)13-17/h4-5,10-14,18H,6-9H2,1-3H3,(H,22,24,25,28)/t14-,18-/i1D3,2D3. The molecule has 7 nitrogen and oxygen atoms in total. The lowest BCUT2D eigenvalue weighted by molar-refractivity contribution is -0.121. The van der Waals surface area contributed by atoms with Crippen LogP contribution in [0, 0.1) is 5.92 Å². The van der Waals surface area contributed by atoms with E-state index in [4.69, 9.17) is 8.22 Å². The van der Waals surface area contributed by atoms with E-state index in [1.165, 1.54) is 0 Å². The molecule has 1 saturated carbocycles. The summed E-state index contributed by atoms with van der Waals surface area (Å²) in [5.41, 5.74) is 2.58. The summed E-state index contributed by atoms with van der Waals surface area (Å²) < 4.78 is 47.3. The summed E-state index contributed by atoms with van der Waals surface area (Å²) in [6, 6.07) is 5.15. The monoisotopic (exact) mass is 384 g/mol. The predicted molar refractivity (Wildman–Crippen MR) is 110 cm³/mol. The third-order valence-corrected chi connectivity index (χ3v) is 5.29. The number of aryl methyl sites for hydroxylation is 1. The lowest BCUT2D eigenvalue weighted by atomic mass is 9.85. The molecule has 0 atom stereocenters. The van der Waals surface area contributed by atoms with Crippen LogP contribution in [0.1, 0.15) is 33.9 Å². The van der Waals surface area contributed by atoms with Gasteiger partial charge in [0, 0.05) is 50.6 Å². The first kappa shape index (κ1) is 12.6. The molecule has 0 radical (unpaired) electrons. The molecule has 1 amide bonds. The molecule has 4 rings (SSSR count). The van der Waals surface area contributed by atoms with Crippen molar-refractivity contribution in [3.63, 3.8) is 0 Å². The summed E-state index contributed by atoms with van der Waals surface area (Å²) in [6.45, 7) is -5.45. The average Bonchev–Trinajstić information content (AvgIpc) is 3.18. The van der Waals surface area contributed by atoms with E-state index >= 15 is 0 Å². The minimum atomic E-state index is -2.72. The minimum Gasteiger partial charge on any atom is -0.306 e. The Bertz CT molecular complexity index is 1170. The summed E-state index contributed by atoms with van der Waals surface area (Å²) >= 11 is 0. The van der Waals surface area contributed by atoms with E-state index in [-0.39, 0.29) is 17.8 Å². The van der Waals surface area contributed by atoms with Crippen LogP contribution in [0.4, 0.5) is 5.95 Å². The van der Waals surface area contributed by atoms with Crippen LogP contribution in [0.3, 0.4) is 0 Å². The highest BCUT2D eigenvalue weighted by atomic mass is 16.2. The van der Waals surface area contributed by atoms with Gasteiger partial charge >= 0.3 is 0 Å². The van der Waals surface area contributed by atoms with Crippen molar-refractivity contribution in [1.82, 2.24) is 24.6 Å². The summed E-state index contributed by atoms with van der Waals surface area (Å²) in [5.74, 6) is -0.433. The summed E-state index contributed by atoms with van der Waals surface area (Å²) in [7, 11) is 1.84. The molecule has 0 aliphatic heterocycles. The SMILES string of the molecule is [2H]C([2H])([2H])N([C@H]1CC[C@H](C(=O)Nc2ncc3ccc(-c4cnn(C)c4)cc3n2)CC1)C([2H])([2H])[2H]. The number of fused-ring (bicyclic) bond motifs is 1. The molecule has 1 aliphatic carbocycles. The number of hydrogen-bond donors (Lipinski definition) is 1. The Morgan fingerprint density at radius 2 is 2.04 bits per heavy atom. The predicted octanol–water partition coefficient (Wildman–Crippen LogP) is 3.09. The number of benzene rings is 1. The van der Waals surface area contributed by atoms with Crippen molar-refractivity contribution in [3.8, 4) is 11.1 Å². The molecule has 3 aromatic rings. The van der Waals surface area contributed by atoms with Gasteiger partial charge in [-0.25, -0.2) is 9.97 Å². The molecule has 0 saturated heterocycles. The van der Waals surface area contributed by atoms with Gasteiger partial charge in [-0.3, -0.25) is 14.8 Å². The zero-order valence-electron chi connectivity index (χ0n) is 21.6. The number of carbonyl (C=O) groups is 1. The van der Waals surface area contributed by atoms with E-state index < -0.39 is 20.0 Å². The zero-order chi connectivity index (χ0) is 24.7. The molecule has 2 aromatic heterocycles. The van der Waals surface area contributed by atoms with Crippen LogP contribution in [0.5, 0.6) is 0 Å². The van der Waals surface area contributed by atoms with E-state index in [1.54, 1.807) is 17.1 Å². The fraction of sp³-hybridized carbons (Fsp3) is 0.429. The molecule has 1 N–H and O–H groups in total. The molecule has 0 bridgehead atoms. The number of nitrogens with zero attached hydrogens (tertiary/aromatic N) is 5. The first-order valence-electron chi connectivity index (χ1n) is 12.3. The maximum absolute atomic E-state index is 12.8. The van der Waals surface area contributed by atoms with Crippen LogP contribution in [0.15, 0.2) is 36.8 Å². The summed E-state index contributed by atoms with van der Waals surface area (Å²) in [4.78, 5) is 22.2. The number of anilines is 1. The summed E-state index contributed by atoms with van der Waals surface area (Å²) in [6.07, 6.45) is 6.70. The van der Waals surface area contributed by atoms with Crippen molar-refractivity contribution >= 4 is 22.8 Å². The van der Waals surface area contributed by atoms with Crippen molar-refractivity contribution < 1.29 is 13.0 Å². The van der Waals surface area contributed by atoms with Crippen LogP contribution in [0.2, 0.25) is 0 Å². The Labute approximate surface area is 173 Å². The Kier molecular flexibility index (Phi) is 3.46. The second-order valence-electron chi connectivity index (χ2n) is 7.23. The highest BCUT2D eigenvalue weighted by molar-refractivity contribution is 5.92. The topological polar surface area (TPSA) is 75.9 Å². The second-order valence-corrected chi connectivity index (χ2v) is 7.23. The number of hydrogen-bond acceptors (Lipinski definition) is 5. The largest absolute Gasteiger partial charge is 0.306 e. The van der Waals surface area contributed by atoms with Crippen molar-refractivity contribution in [1.29, 1.82) is 0 Å². The zero-order valence-corrected chi connectivity index (χ0v) is 15.6. The highest BCUT2D eigenvalue weighted by Crippen LogP contribution is 2.28. The number of rotatable bonds is 4. The van der Waals surface area contributed by atoms with Crippen LogP contribution >= 0.6 is 0 Å². The quantitative estimate of drug-likeness (QED) is 0.748. The Hall–Kier alpha value is -2.80. The van der Waals surface area contributed by atoms with E-state index in [0.29, 0.717) is 36.1 Å². The van der Waals surface area contributed by atoms with Gasteiger partial charge in [0.25, 0.3) is 0 Å². The molecule has 146 valence electrons. The maximum atomic E-state index is 12.8. The van der Waals surface area contributed by atoms with Crippen molar-refractivity contribution in [2.75, 3.05) is 19.3 Å². The van der Waals surface area contributed by atoms with Gasteiger partial charge in [-0.2, -0.15) is 5.10 Å². The van der Waals surface area contributed by atoms with Crippen molar-refractivity contribution in [3.05, 3.63) is 36.8 Å². The third-order valence-electron chi connectivity index (χ3n) is 5.29. The number of carbonyl (C=O) groups excluding carboxylic acids is 1. The fourth-order valence-electron chi connectivity index (χ4n) is 3.64. The van der Waals surface area contributed by atoms with Gasteiger partial charge in [-0.15, -0.1) is 0 Å². The molecule has 2 heterocycles. The van der Waals surface area contributed by atoms with Gasteiger partial charge in [0.1, 0.15) is 0 Å². The van der Waals surface area contributed by atoms with Gasteiger partial charge < -0.3 is 4.90 Å². The Morgan fingerprint density at radius 1 is 1.21 bits per heavy atom. The van der Waals surface area contributed by atoms with Crippen molar-refractivity contribution in [2.24, 2.45) is 13.0 Å². The normalized spacial score (nSPS) is 23.9. The van der Waals surface area contributed by atoms with Gasteiger partial charge in [0.2, 0.25) is 11.9 Å². The molecule has 28 heavy (non-hydrogen) atoms. The first-order valence-corrected chi connectivity index (χ1v) is 9.28. The first-order chi connectivity index (χ1) is 15.9. The number of aromatic nitrogens is 4. The highest BCUT2D eigenvalue weighted by Gasteiger charge is 2.27. The minimum absolute atomic E-state index is 0.189. The van der Waals surface area contributed by atoms with Gasteiger partial charge in [0.05, 0.1) is 11.7 Å². The summed E-state index contributed by atoms with van der Waals surface area (Å²) in [5, 5.41) is 7.78. The smallest absolute Gasteiger partial charge is 0.229 e. The van der Waals surface area contributed by atoms with Gasteiger partial charge in [-0.1, -0.05) is 12.1 Å². The molecular formula is C21H26N6O. The second kappa shape index (κ2) is 7.67.